The van der Waals surface area contributed by atoms with E-state index >= 15 is 0 Å². The molecule has 0 aliphatic carbocycles. The Morgan fingerprint density at radius 3 is 2.51 bits per heavy atom. The molecular weight excluding hydrogens is 661 g/mol. The second-order valence-electron chi connectivity index (χ2n) is 11.9. The minimum absolute atomic E-state index is 0.0831. The van der Waals surface area contributed by atoms with Gasteiger partial charge < -0.3 is 24.7 Å². The molecule has 0 spiro atoms. The highest BCUT2D eigenvalue weighted by Crippen LogP contribution is 2.39. The average Bonchev–Trinajstić information content (AvgIpc) is 3.63. The summed E-state index contributed by atoms with van der Waals surface area (Å²) in [5.74, 6) is -0.0414. The number of hydrogen-bond donors (Lipinski definition) is 2. The molecular formula is C34H31F3N6O5S. The summed E-state index contributed by atoms with van der Waals surface area (Å²) in [5.41, 5.74) is 4.16. The highest BCUT2D eigenvalue weighted by atomic mass is 32.2. The van der Waals surface area contributed by atoms with Crippen molar-refractivity contribution in [1.29, 1.82) is 0 Å². The number of fused-ring (bicyclic) bond motifs is 4. The highest BCUT2D eigenvalue weighted by Gasteiger charge is 2.29. The molecule has 3 aromatic carbocycles. The van der Waals surface area contributed by atoms with Crippen molar-refractivity contribution in [3.8, 4) is 22.9 Å². The van der Waals surface area contributed by atoms with Gasteiger partial charge in [0.25, 0.3) is 0 Å². The van der Waals surface area contributed by atoms with E-state index in [-0.39, 0.29) is 55.5 Å². The molecule has 0 radical (unpaired) electrons. The molecule has 0 saturated carbocycles. The Bertz CT molecular complexity index is 2240. The molecule has 1 fully saturated rings. The molecule has 0 amide bonds. The average molecular weight is 693 g/mol. The number of para-hydroxylation sites is 1. The smallest absolute Gasteiger partial charge is 0.387 e. The molecule has 2 aromatic heterocycles. The first-order valence-corrected chi connectivity index (χ1v) is 17.2. The second-order valence-corrected chi connectivity index (χ2v) is 13.9. The van der Waals surface area contributed by atoms with Gasteiger partial charge in [0.15, 0.2) is 11.6 Å². The van der Waals surface area contributed by atoms with Gasteiger partial charge in [-0.3, -0.25) is 4.79 Å². The number of halogens is 3. The van der Waals surface area contributed by atoms with Gasteiger partial charge >= 0.3 is 6.61 Å². The standard InChI is InChI=1S/C34H31F3N6O5S/c1-19-12-22(47-29-7-5-4-6-25(29)35)15-23-20(2)17-38-33-24(18-39-43(33)31(19)23)32(44)27-13-21-14-30(48-34(36)37)28(16-26(21)40-27)41-8-10-42(11-9-41)49(3,45)46/h4-7,12-16,18,34,38,40H,2,8-11,17H2,1,3H3. The van der Waals surface area contributed by atoms with Gasteiger partial charge in [-0.05, 0) is 60.5 Å². The predicted octanol–water partition coefficient (Wildman–Crippen LogP) is 5.95. The van der Waals surface area contributed by atoms with Gasteiger partial charge in [-0.25, -0.2) is 17.5 Å². The molecule has 49 heavy (non-hydrogen) atoms. The van der Waals surface area contributed by atoms with Crippen LogP contribution in [0.2, 0.25) is 0 Å². The summed E-state index contributed by atoms with van der Waals surface area (Å²) in [6.45, 7) is 4.16. The number of piperazine rings is 1. The molecule has 2 aliphatic heterocycles. The minimum atomic E-state index is -3.39. The summed E-state index contributed by atoms with van der Waals surface area (Å²) >= 11 is 0. The number of nitrogens with one attached hydrogen (secondary N) is 2. The zero-order valence-corrected chi connectivity index (χ0v) is 27.3. The van der Waals surface area contributed by atoms with Crippen LogP contribution in [0.15, 0.2) is 67.4 Å². The van der Waals surface area contributed by atoms with Crippen LogP contribution < -0.4 is 19.7 Å². The van der Waals surface area contributed by atoms with Crippen LogP contribution in [0.1, 0.15) is 27.2 Å². The number of sulfonamides is 1. The fraction of sp³-hybridized carbons (Fsp3) is 0.235. The van der Waals surface area contributed by atoms with Crippen LogP contribution in [0.3, 0.4) is 0 Å². The van der Waals surface area contributed by atoms with Gasteiger partial charge in [0.1, 0.15) is 17.3 Å². The zero-order valence-electron chi connectivity index (χ0n) is 26.5. The molecule has 0 bridgehead atoms. The number of aryl methyl sites for hydroxylation is 1. The number of carbonyl (C=O) groups is 1. The first-order chi connectivity index (χ1) is 23.4. The maximum Gasteiger partial charge on any atom is 0.387 e. The first kappa shape index (κ1) is 32.3. The van der Waals surface area contributed by atoms with E-state index in [0.717, 1.165) is 11.8 Å². The van der Waals surface area contributed by atoms with Crippen molar-refractivity contribution < 1.29 is 35.9 Å². The van der Waals surface area contributed by atoms with E-state index in [2.05, 4.69) is 22.0 Å². The lowest BCUT2D eigenvalue weighted by Crippen LogP contribution is -2.48. The Kier molecular flexibility index (Phi) is 8.11. The summed E-state index contributed by atoms with van der Waals surface area (Å²) in [5, 5.41) is 8.29. The van der Waals surface area contributed by atoms with Gasteiger partial charge in [0.2, 0.25) is 15.8 Å². The summed E-state index contributed by atoms with van der Waals surface area (Å²) in [7, 11) is -3.39. The van der Waals surface area contributed by atoms with Crippen molar-refractivity contribution in [3.05, 3.63) is 95.6 Å². The van der Waals surface area contributed by atoms with Crippen molar-refractivity contribution in [2.24, 2.45) is 0 Å². The van der Waals surface area contributed by atoms with Crippen molar-refractivity contribution >= 4 is 43.8 Å². The number of ketones is 1. The van der Waals surface area contributed by atoms with Crippen LogP contribution >= 0.6 is 0 Å². The van der Waals surface area contributed by atoms with Crippen molar-refractivity contribution in [3.63, 3.8) is 0 Å². The molecule has 4 heterocycles. The number of carbonyl (C=O) groups excluding carboxylic acids is 1. The van der Waals surface area contributed by atoms with E-state index < -0.39 is 28.2 Å². The fourth-order valence-electron chi connectivity index (χ4n) is 6.26. The number of rotatable bonds is 8. The Balaban J connectivity index is 1.21. The molecule has 11 nitrogen and oxygen atoms in total. The molecule has 0 atom stereocenters. The van der Waals surface area contributed by atoms with Crippen molar-refractivity contribution in [2.45, 2.75) is 13.5 Å². The zero-order chi connectivity index (χ0) is 34.6. The number of anilines is 2. The van der Waals surface area contributed by atoms with Crippen LogP contribution in [-0.2, 0) is 10.0 Å². The first-order valence-electron chi connectivity index (χ1n) is 15.3. The van der Waals surface area contributed by atoms with Gasteiger partial charge in [-0.15, -0.1) is 0 Å². The quantitative estimate of drug-likeness (QED) is 0.192. The normalized spacial score (nSPS) is 15.1. The Hall–Kier alpha value is -5.28. The molecule has 5 aromatic rings. The lowest BCUT2D eigenvalue weighted by atomic mass is 10.0. The molecule has 254 valence electrons. The second kappa shape index (κ2) is 12.3. The van der Waals surface area contributed by atoms with Crippen LogP contribution in [-0.4, -0.2) is 78.9 Å². The third-order valence-electron chi connectivity index (χ3n) is 8.62. The maximum absolute atomic E-state index is 14.3. The van der Waals surface area contributed by atoms with Crippen molar-refractivity contribution in [1.82, 2.24) is 19.1 Å². The van der Waals surface area contributed by atoms with E-state index in [1.807, 2.05) is 6.92 Å². The topological polar surface area (TPSA) is 122 Å². The largest absolute Gasteiger partial charge is 0.454 e. The number of alkyl halides is 2. The number of hydrogen-bond acceptors (Lipinski definition) is 8. The number of ether oxygens (including phenoxy) is 2. The monoisotopic (exact) mass is 692 g/mol. The molecule has 0 unspecified atom stereocenters. The van der Waals surface area contributed by atoms with E-state index in [1.54, 1.807) is 46.0 Å². The molecule has 1 saturated heterocycles. The van der Waals surface area contributed by atoms with Crippen LogP contribution in [0, 0.1) is 12.7 Å². The van der Waals surface area contributed by atoms with Crippen LogP contribution in [0.25, 0.3) is 22.2 Å². The van der Waals surface area contributed by atoms with Gasteiger partial charge in [0.05, 0.1) is 35.1 Å². The number of H-pyrrole nitrogens is 1. The van der Waals surface area contributed by atoms with Crippen LogP contribution in [0.5, 0.6) is 17.2 Å². The van der Waals surface area contributed by atoms with Crippen LogP contribution in [0.4, 0.5) is 24.7 Å². The number of aromatic amines is 1. The summed E-state index contributed by atoms with van der Waals surface area (Å²) in [6.07, 6.45) is 2.58. The summed E-state index contributed by atoms with van der Waals surface area (Å²) in [6, 6.07) is 14.3. The van der Waals surface area contributed by atoms with Gasteiger partial charge in [-0.1, -0.05) is 18.7 Å². The SMILES string of the molecule is C=C1CNc2c(C(=O)c3cc4cc(OC(F)F)c(N5CCN(S(C)(=O)=O)CC5)cc4[nH]3)cnn2-c2c(C)cc(Oc3ccccc3F)cc21. The lowest BCUT2D eigenvalue weighted by Gasteiger charge is -2.35. The number of aromatic nitrogens is 3. The third kappa shape index (κ3) is 6.10. The summed E-state index contributed by atoms with van der Waals surface area (Å²) < 4.78 is 78.9. The van der Waals surface area contributed by atoms with Gasteiger partial charge in [-0.2, -0.15) is 18.2 Å². The molecule has 2 aliphatic rings. The van der Waals surface area contributed by atoms with Gasteiger partial charge in [0, 0.05) is 49.2 Å². The maximum atomic E-state index is 14.3. The Labute approximate surface area is 279 Å². The Morgan fingerprint density at radius 1 is 1.04 bits per heavy atom. The van der Waals surface area contributed by atoms with E-state index in [4.69, 9.17) is 9.47 Å². The summed E-state index contributed by atoms with van der Waals surface area (Å²) in [4.78, 5) is 18.9. The lowest BCUT2D eigenvalue weighted by molar-refractivity contribution is -0.0494. The molecule has 2 N–H and O–H groups in total. The minimum Gasteiger partial charge on any atom is -0.454 e. The van der Waals surface area contributed by atoms with E-state index in [0.29, 0.717) is 45.0 Å². The number of nitrogens with zero attached hydrogens (tertiary/aromatic N) is 4. The fourth-order valence-corrected chi connectivity index (χ4v) is 7.09. The third-order valence-corrected chi connectivity index (χ3v) is 9.93. The number of benzene rings is 3. The molecule has 15 heteroatoms. The van der Waals surface area contributed by atoms with E-state index in [1.165, 1.54) is 28.7 Å². The molecule has 7 rings (SSSR count). The van der Waals surface area contributed by atoms with Crippen molar-refractivity contribution in [2.75, 3.05) is 49.2 Å². The predicted molar refractivity (Wildman–Crippen MR) is 179 cm³/mol. The van der Waals surface area contributed by atoms with E-state index in [9.17, 15) is 26.4 Å². The highest BCUT2D eigenvalue weighted by molar-refractivity contribution is 7.88. The Morgan fingerprint density at radius 2 is 1.80 bits per heavy atom.